The fraction of sp³-hybridized carbons (Fsp3) is 0.400. The maximum atomic E-state index is 12.6. The molecular formula is C15H18N2O4. The number of ether oxygens (including phenoxy) is 1. The highest BCUT2D eigenvalue weighted by atomic mass is 16.5. The third kappa shape index (κ3) is 2.59. The minimum absolute atomic E-state index is 0.0569. The van der Waals surface area contributed by atoms with E-state index in [0.717, 1.165) is 5.39 Å². The topological polar surface area (TPSA) is 88.9 Å². The summed E-state index contributed by atoms with van der Waals surface area (Å²) < 4.78 is 11.0. The Morgan fingerprint density at radius 1 is 1.48 bits per heavy atom. The van der Waals surface area contributed by atoms with Crippen LogP contribution in [-0.2, 0) is 4.74 Å². The minimum Gasteiger partial charge on any atom is -0.451 e. The molecule has 0 spiro atoms. The predicted octanol–water partition coefficient (Wildman–Crippen LogP) is 1.24. The molecule has 2 heterocycles. The molecule has 21 heavy (non-hydrogen) atoms. The molecule has 112 valence electrons. The molecule has 6 heteroatoms. The summed E-state index contributed by atoms with van der Waals surface area (Å²) in [5.74, 6) is 0.0834. The molecule has 2 unspecified atom stereocenters. The summed E-state index contributed by atoms with van der Waals surface area (Å²) in [7, 11) is 0. The second-order valence-electron chi connectivity index (χ2n) is 5.35. The van der Waals surface area contributed by atoms with Crippen molar-refractivity contribution in [1.29, 1.82) is 0 Å². The number of aliphatic hydroxyl groups is 1. The van der Waals surface area contributed by atoms with E-state index < -0.39 is 0 Å². The molecule has 0 radical (unpaired) electrons. The van der Waals surface area contributed by atoms with Crippen LogP contribution >= 0.6 is 0 Å². The van der Waals surface area contributed by atoms with Gasteiger partial charge in [0.15, 0.2) is 5.76 Å². The highest BCUT2D eigenvalue weighted by molar-refractivity contribution is 5.96. The number of nitrogens with two attached hydrogens (primary N) is 1. The van der Waals surface area contributed by atoms with E-state index in [4.69, 9.17) is 14.9 Å². The molecule has 6 nitrogen and oxygen atoms in total. The Labute approximate surface area is 122 Å². The maximum Gasteiger partial charge on any atom is 0.290 e. The fourth-order valence-electron chi connectivity index (χ4n) is 2.52. The fourth-order valence-corrected chi connectivity index (χ4v) is 2.52. The first-order chi connectivity index (χ1) is 10.1. The first kappa shape index (κ1) is 13.9. The van der Waals surface area contributed by atoms with Gasteiger partial charge < -0.3 is 24.9 Å². The smallest absolute Gasteiger partial charge is 0.290 e. The van der Waals surface area contributed by atoms with Gasteiger partial charge in [-0.2, -0.15) is 0 Å². The van der Waals surface area contributed by atoms with E-state index in [2.05, 4.69) is 0 Å². The number of furan rings is 1. The van der Waals surface area contributed by atoms with Gasteiger partial charge in [0.25, 0.3) is 5.91 Å². The number of aliphatic hydroxyl groups excluding tert-OH is 1. The van der Waals surface area contributed by atoms with Crippen molar-refractivity contribution in [3.8, 4) is 0 Å². The largest absolute Gasteiger partial charge is 0.451 e. The van der Waals surface area contributed by atoms with Crippen LogP contribution in [0.4, 0.5) is 5.69 Å². The quantitative estimate of drug-likeness (QED) is 0.812. The van der Waals surface area contributed by atoms with Crippen molar-refractivity contribution in [3.05, 3.63) is 30.0 Å². The summed E-state index contributed by atoms with van der Waals surface area (Å²) in [5.41, 5.74) is 6.99. The Kier molecular flexibility index (Phi) is 3.57. The van der Waals surface area contributed by atoms with Crippen LogP contribution in [0.25, 0.3) is 11.0 Å². The summed E-state index contributed by atoms with van der Waals surface area (Å²) in [6.07, 6.45) is -0.342. The number of carbonyl (C=O) groups excluding carboxylic acids is 1. The molecular weight excluding hydrogens is 272 g/mol. The van der Waals surface area contributed by atoms with Gasteiger partial charge in [0.05, 0.1) is 25.4 Å². The number of hydrogen-bond donors (Lipinski definition) is 2. The molecule has 0 bridgehead atoms. The van der Waals surface area contributed by atoms with Crippen molar-refractivity contribution >= 4 is 22.6 Å². The predicted molar refractivity (Wildman–Crippen MR) is 78.0 cm³/mol. The second kappa shape index (κ2) is 5.38. The van der Waals surface area contributed by atoms with E-state index in [1.165, 1.54) is 0 Å². The lowest BCUT2D eigenvalue weighted by Gasteiger charge is -2.36. The SMILES string of the molecule is CC1COC(CO)CN1C(=O)c1cc2cc(N)ccc2o1. The molecule has 0 aliphatic carbocycles. The van der Waals surface area contributed by atoms with Gasteiger partial charge in [0.1, 0.15) is 5.58 Å². The van der Waals surface area contributed by atoms with Gasteiger partial charge in [0, 0.05) is 17.6 Å². The molecule has 2 atom stereocenters. The van der Waals surface area contributed by atoms with Gasteiger partial charge in [-0.05, 0) is 31.2 Å². The molecule has 1 fully saturated rings. The lowest BCUT2D eigenvalue weighted by atomic mass is 10.2. The highest BCUT2D eigenvalue weighted by Crippen LogP contribution is 2.24. The number of morpholine rings is 1. The Bertz CT molecular complexity index is 667. The molecule has 3 N–H and O–H groups in total. The summed E-state index contributed by atoms with van der Waals surface area (Å²) in [4.78, 5) is 14.3. The zero-order valence-corrected chi connectivity index (χ0v) is 11.8. The van der Waals surface area contributed by atoms with Crippen LogP contribution in [-0.4, -0.2) is 47.8 Å². The molecule has 1 aliphatic rings. The first-order valence-electron chi connectivity index (χ1n) is 6.91. The van der Waals surface area contributed by atoms with Gasteiger partial charge in [-0.25, -0.2) is 0 Å². The number of nitrogen functional groups attached to an aromatic ring is 1. The van der Waals surface area contributed by atoms with Crippen molar-refractivity contribution in [1.82, 2.24) is 4.90 Å². The Balaban J connectivity index is 1.88. The molecule has 1 aliphatic heterocycles. The normalized spacial score (nSPS) is 22.7. The number of rotatable bonds is 2. The van der Waals surface area contributed by atoms with Crippen LogP contribution in [0, 0.1) is 0 Å². The summed E-state index contributed by atoms with van der Waals surface area (Å²) in [6.45, 7) is 2.57. The van der Waals surface area contributed by atoms with Crippen LogP contribution < -0.4 is 5.73 Å². The lowest BCUT2D eigenvalue weighted by Crippen LogP contribution is -2.51. The van der Waals surface area contributed by atoms with Crippen molar-refractivity contribution in [2.75, 3.05) is 25.5 Å². The van der Waals surface area contributed by atoms with Gasteiger partial charge in [-0.1, -0.05) is 0 Å². The van der Waals surface area contributed by atoms with E-state index in [0.29, 0.717) is 24.4 Å². The number of amides is 1. The van der Waals surface area contributed by atoms with E-state index >= 15 is 0 Å². The first-order valence-corrected chi connectivity index (χ1v) is 6.91. The Morgan fingerprint density at radius 3 is 3.05 bits per heavy atom. The third-order valence-electron chi connectivity index (χ3n) is 3.72. The monoisotopic (exact) mass is 290 g/mol. The molecule has 1 aromatic carbocycles. The zero-order chi connectivity index (χ0) is 15.0. The molecule has 1 saturated heterocycles. The number of fused-ring (bicyclic) bond motifs is 1. The van der Waals surface area contributed by atoms with E-state index in [-0.39, 0.29) is 30.4 Å². The molecule has 1 aromatic heterocycles. The standard InChI is InChI=1S/C15H18N2O4/c1-9-8-20-12(7-18)6-17(9)15(19)14-5-10-4-11(16)2-3-13(10)21-14/h2-5,9,12,18H,6-8,16H2,1H3. The molecule has 0 saturated carbocycles. The number of nitrogens with zero attached hydrogens (tertiary/aromatic N) is 1. The maximum absolute atomic E-state index is 12.6. The van der Waals surface area contributed by atoms with Crippen LogP contribution in [0.2, 0.25) is 0 Å². The zero-order valence-electron chi connectivity index (χ0n) is 11.8. The average Bonchev–Trinajstić information content (AvgIpc) is 2.90. The van der Waals surface area contributed by atoms with Crippen molar-refractivity contribution < 1.29 is 19.1 Å². The van der Waals surface area contributed by atoms with E-state index in [1.807, 2.05) is 6.92 Å². The van der Waals surface area contributed by atoms with Crippen LogP contribution in [0.3, 0.4) is 0 Å². The van der Waals surface area contributed by atoms with Gasteiger partial charge in [0.2, 0.25) is 0 Å². The Morgan fingerprint density at radius 2 is 2.29 bits per heavy atom. The van der Waals surface area contributed by atoms with Gasteiger partial charge in [-0.15, -0.1) is 0 Å². The number of anilines is 1. The van der Waals surface area contributed by atoms with Gasteiger partial charge >= 0.3 is 0 Å². The lowest BCUT2D eigenvalue weighted by molar-refractivity contribution is -0.0673. The third-order valence-corrected chi connectivity index (χ3v) is 3.72. The van der Waals surface area contributed by atoms with Crippen molar-refractivity contribution in [2.24, 2.45) is 0 Å². The number of benzene rings is 1. The van der Waals surface area contributed by atoms with Crippen LogP contribution in [0.1, 0.15) is 17.5 Å². The van der Waals surface area contributed by atoms with Crippen LogP contribution in [0.5, 0.6) is 0 Å². The van der Waals surface area contributed by atoms with E-state index in [9.17, 15) is 9.90 Å². The molecule has 3 rings (SSSR count). The molecule has 1 amide bonds. The summed E-state index contributed by atoms with van der Waals surface area (Å²) in [5, 5.41) is 10.00. The summed E-state index contributed by atoms with van der Waals surface area (Å²) >= 11 is 0. The number of carbonyl (C=O) groups is 1. The van der Waals surface area contributed by atoms with Crippen LogP contribution in [0.15, 0.2) is 28.7 Å². The Hall–Kier alpha value is -2.05. The second-order valence-corrected chi connectivity index (χ2v) is 5.35. The highest BCUT2D eigenvalue weighted by Gasteiger charge is 2.31. The average molecular weight is 290 g/mol. The van der Waals surface area contributed by atoms with Crippen molar-refractivity contribution in [3.63, 3.8) is 0 Å². The molecule has 2 aromatic rings. The number of hydrogen-bond acceptors (Lipinski definition) is 5. The summed E-state index contributed by atoms with van der Waals surface area (Å²) in [6, 6.07) is 6.90. The van der Waals surface area contributed by atoms with E-state index in [1.54, 1.807) is 29.2 Å². The van der Waals surface area contributed by atoms with Gasteiger partial charge in [-0.3, -0.25) is 4.79 Å². The van der Waals surface area contributed by atoms with Crippen molar-refractivity contribution in [2.45, 2.75) is 19.1 Å². The minimum atomic E-state index is -0.342.